The van der Waals surface area contributed by atoms with Crippen LogP contribution in [0.2, 0.25) is 0 Å². The van der Waals surface area contributed by atoms with Crippen molar-refractivity contribution in [1.82, 2.24) is 20.6 Å². The number of halogens is 3. The molecule has 1 rings (SSSR count). The first kappa shape index (κ1) is 32.4. The smallest absolute Gasteiger partial charge is 0.408 e. The number of carboxylic acid groups (broad SMARTS) is 2. The summed E-state index contributed by atoms with van der Waals surface area (Å²) in [7, 11) is -1.96. The molecule has 0 radical (unpaired) electrons. The Hall–Kier alpha value is -3.61. The highest BCUT2D eigenvalue weighted by molar-refractivity contribution is 7.99. The predicted octanol–water partition coefficient (Wildman–Crippen LogP) is 0.0841. The predicted molar refractivity (Wildman–Crippen MR) is 127 cm³/mol. The summed E-state index contributed by atoms with van der Waals surface area (Å²) in [5.74, 6) is -1.95. The molecule has 0 saturated heterocycles. The minimum absolute atomic E-state index is 0.142. The molecule has 0 unspecified atom stereocenters. The van der Waals surface area contributed by atoms with E-state index in [0.29, 0.717) is 36.0 Å². The fraction of sp³-hybridized carbons (Fsp3) is 0.412. The fourth-order valence-electron chi connectivity index (χ4n) is 1.74. The van der Waals surface area contributed by atoms with Crippen molar-refractivity contribution in [3.05, 3.63) is 24.4 Å². The highest BCUT2D eigenvalue weighted by atomic mass is 32.2. The van der Waals surface area contributed by atoms with Gasteiger partial charge in [-0.25, -0.2) is 33.0 Å². The number of rotatable bonds is 10. The van der Waals surface area contributed by atoms with Crippen molar-refractivity contribution in [2.45, 2.75) is 17.8 Å². The average molecular weight is 559 g/mol. The summed E-state index contributed by atoms with van der Waals surface area (Å²) < 4.78 is 62.0. The minimum atomic E-state index is -4.44. The van der Waals surface area contributed by atoms with Crippen LogP contribution in [0.3, 0.4) is 0 Å². The average Bonchev–Trinajstić information content (AvgIpc) is 2.74. The van der Waals surface area contributed by atoms with Gasteiger partial charge in [0.05, 0.1) is 6.26 Å². The van der Waals surface area contributed by atoms with Crippen LogP contribution >= 0.6 is 11.8 Å². The number of aliphatic imine (C=N–C) groups is 1. The number of alkyl halides is 3. The van der Waals surface area contributed by atoms with Gasteiger partial charge in [-0.2, -0.15) is 13.2 Å². The number of carbonyl (C=O) groups is 2. The van der Waals surface area contributed by atoms with E-state index in [-0.39, 0.29) is 11.8 Å². The van der Waals surface area contributed by atoms with Crippen molar-refractivity contribution in [1.29, 1.82) is 0 Å². The molecule has 1 heterocycles. The van der Waals surface area contributed by atoms with Gasteiger partial charge >= 0.3 is 18.1 Å². The molecular weight excluding hydrogens is 533 g/mol. The van der Waals surface area contributed by atoms with Crippen molar-refractivity contribution in [3.8, 4) is 0 Å². The topological polar surface area (TPSA) is 221 Å². The third kappa shape index (κ3) is 19.8. The first-order chi connectivity index (χ1) is 16.6. The van der Waals surface area contributed by atoms with Crippen LogP contribution < -0.4 is 21.7 Å². The van der Waals surface area contributed by atoms with Crippen molar-refractivity contribution >= 4 is 51.5 Å². The zero-order chi connectivity index (χ0) is 27.8. The van der Waals surface area contributed by atoms with Crippen LogP contribution in [0.15, 0.2) is 39.0 Å². The molecule has 19 heteroatoms. The van der Waals surface area contributed by atoms with Crippen LogP contribution in [-0.4, -0.2) is 90.8 Å². The second-order valence-corrected chi connectivity index (χ2v) is 8.94. The van der Waals surface area contributed by atoms with E-state index in [2.05, 4.69) is 35.3 Å². The molecule has 0 aromatic carbocycles. The van der Waals surface area contributed by atoms with Gasteiger partial charge in [-0.15, -0.1) is 4.40 Å². The van der Waals surface area contributed by atoms with E-state index < -0.39 is 40.6 Å². The Morgan fingerprint density at radius 2 is 1.86 bits per heavy atom. The van der Waals surface area contributed by atoms with Crippen LogP contribution in [0.1, 0.15) is 6.42 Å². The van der Waals surface area contributed by atoms with E-state index in [1.807, 2.05) is 0 Å². The SMILES string of the molecule is CN/C(=N/S(C)(=O)=O)NCCCSc1nccc(N/C(N)=N\CC(F)(F)F)n1.O=C(O)/C=C\C(=O)O. The van der Waals surface area contributed by atoms with E-state index in [1.54, 1.807) is 7.05 Å². The molecule has 0 amide bonds. The second-order valence-electron chi connectivity index (χ2n) is 6.23. The lowest BCUT2D eigenvalue weighted by Crippen LogP contribution is -2.36. The maximum Gasteiger partial charge on any atom is 0.408 e. The van der Waals surface area contributed by atoms with Gasteiger partial charge in [0.25, 0.3) is 10.0 Å². The molecule has 0 aliphatic heterocycles. The number of sulfonamides is 1. The maximum absolute atomic E-state index is 12.1. The summed E-state index contributed by atoms with van der Waals surface area (Å²) >= 11 is 1.31. The van der Waals surface area contributed by atoms with Gasteiger partial charge in [-0.1, -0.05) is 11.8 Å². The number of nitrogens with two attached hydrogens (primary N) is 1. The summed E-state index contributed by atoms with van der Waals surface area (Å²) in [6, 6.07) is 1.45. The Kier molecular flexibility index (Phi) is 14.5. The Morgan fingerprint density at radius 1 is 1.25 bits per heavy atom. The van der Waals surface area contributed by atoms with Gasteiger partial charge in [0.15, 0.2) is 11.1 Å². The van der Waals surface area contributed by atoms with Gasteiger partial charge in [-0.05, 0) is 12.5 Å². The van der Waals surface area contributed by atoms with Gasteiger partial charge in [0.2, 0.25) is 5.96 Å². The molecule has 0 aliphatic carbocycles. The van der Waals surface area contributed by atoms with Gasteiger partial charge < -0.3 is 31.9 Å². The minimum Gasteiger partial charge on any atom is -0.478 e. The Labute approximate surface area is 208 Å². The maximum atomic E-state index is 12.1. The summed E-state index contributed by atoms with van der Waals surface area (Å²) in [6.45, 7) is -0.931. The molecule has 7 N–H and O–H groups in total. The van der Waals surface area contributed by atoms with Gasteiger partial charge in [0.1, 0.15) is 12.4 Å². The number of thioether (sulfide) groups is 1. The second kappa shape index (κ2) is 16.1. The summed E-state index contributed by atoms with van der Waals surface area (Å²) in [5, 5.41) is 24.0. The van der Waals surface area contributed by atoms with Crippen molar-refractivity contribution in [2.24, 2.45) is 15.1 Å². The van der Waals surface area contributed by atoms with E-state index in [1.165, 1.54) is 24.0 Å². The standard InChI is InChI=1S/C13H21F3N8O2S2.C4H4O4/c1-18-11(24-28(2,25)26)19-5-3-7-27-12-20-6-4-9(23-12)22-10(17)21-8-13(14,15)16;5-3(6)1-2-4(7)8/h4,6H,3,5,7-8H2,1-2H3,(H2,18,19,24)(H3,17,20,21,22,23);1-2H,(H,5,6)(H,7,8)/b;2-1-. The summed E-state index contributed by atoms with van der Waals surface area (Å²) in [6.07, 6.45) is -0.256. The van der Waals surface area contributed by atoms with E-state index in [0.717, 1.165) is 6.26 Å². The third-order valence-corrected chi connectivity index (χ3v) is 4.49. The number of aromatic nitrogens is 2. The molecule has 0 aliphatic rings. The normalized spacial score (nSPS) is 12.5. The summed E-state index contributed by atoms with van der Waals surface area (Å²) in [4.78, 5) is 30.4. The molecule has 14 nitrogen and oxygen atoms in total. The first-order valence-electron chi connectivity index (χ1n) is 9.56. The lowest BCUT2D eigenvalue weighted by Gasteiger charge is -2.09. The van der Waals surface area contributed by atoms with E-state index in [9.17, 15) is 31.2 Å². The lowest BCUT2D eigenvalue weighted by molar-refractivity contribution is -0.134. The molecule has 202 valence electrons. The number of aliphatic carboxylic acids is 2. The quantitative estimate of drug-likeness (QED) is 0.0560. The Bertz CT molecular complexity index is 1050. The molecule has 36 heavy (non-hydrogen) atoms. The molecule has 0 spiro atoms. The Morgan fingerprint density at radius 3 is 2.36 bits per heavy atom. The number of hydrogen-bond donors (Lipinski definition) is 6. The molecule has 0 bridgehead atoms. The van der Waals surface area contributed by atoms with Gasteiger partial charge in [-0.3, -0.25) is 0 Å². The number of nitrogens with zero attached hydrogens (tertiary/aromatic N) is 4. The molecular formula is C17H25F3N8O6S2. The number of anilines is 1. The van der Waals surface area contributed by atoms with Crippen LogP contribution in [0.25, 0.3) is 0 Å². The number of nitrogens with one attached hydrogen (secondary N) is 3. The fourth-order valence-corrected chi connectivity index (χ4v) is 3.00. The van der Waals surface area contributed by atoms with Gasteiger partial charge in [0, 0.05) is 37.7 Å². The van der Waals surface area contributed by atoms with Crippen molar-refractivity contribution < 1.29 is 41.4 Å². The highest BCUT2D eigenvalue weighted by Crippen LogP contribution is 2.16. The molecule has 0 fully saturated rings. The van der Waals surface area contributed by atoms with Crippen LogP contribution in [0.4, 0.5) is 19.0 Å². The molecule has 0 atom stereocenters. The molecule has 1 aromatic heterocycles. The zero-order valence-electron chi connectivity index (χ0n) is 19.0. The van der Waals surface area contributed by atoms with E-state index >= 15 is 0 Å². The summed E-state index contributed by atoms with van der Waals surface area (Å²) in [5.41, 5.74) is 5.39. The van der Waals surface area contributed by atoms with Crippen LogP contribution in [0.5, 0.6) is 0 Å². The molecule has 1 aromatic rings. The van der Waals surface area contributed by atoms with E-state index in [4.69, 9.17) is 15.9 Å². The molecule has 0 saturated carbocycles. The Balaban J connectivity index is 0.00000131. The van der Waals surface area contributed by atoms with Crippen LogP contribution in [-0.2, 0) is 19.6 Å². The monoisotopic (exact) mass is 558 g/mol. The van der Waals surface area contributed by atoms with Crippen molar-refractivity contribution in [2.75, 3.05) is 37.5 Å². The highest BCUT2D eigenvalue weighted by Gasteiger charge is 2.26. The number of guanidine groups is 2. The third-order valence-electron chi connectivity index (χ3n) is 3.03. The van der Waals surface area contributed by atoms with Crippen molar-refractivity contribution in [3.63, 3.8) is 0 Å². The van der Waals surface area contributed by atoms with Crippen LogP contribution in [0, 0.1) is 0 Å². The first-order valence-corrected chi connectivity index (χ1v) is 12.4. The largest absolute Gasteiger partial charge is 0.478 e. The lowest BCUT2D eigenvalue weighted by atomic mass is 10.5. The zero-order valence-corrected chi connectivity index (χ0v) is 20.6. The number of carboxylic acids is 2. The number of hydrogen-bond acceptors (Lipinski definition) is 8.